The molecule has 0 aliphatic carbocycles. The Labute approximate surface area is 281 Å². The molecule has 48 heavy (non-hydrogen) atoms. The molecule has 0 fully saturated rings. The maximum Gasteiger partial charge on any atom is 0.102 e. The Bertz CT molecular complexity index is 2780. The third-order valence-corrected chi connectivity index (χ3v) is 10.5. The Morgan fingerprint density at radius 1 is 0.438 bits per heavy atom. The minimum absolute atomic E-state index is 0.527. The maximum atomic E-state index is 11.4. The quantitative estimate of drug-likeness (QED) is 0.195. The first-order valence-corrected chi connectivity index (χ1v) is 16.6. The Morgan fingerprint density at radius 3 is 1.56 bits per heavy atom. The van der Waals surface area contributed by atoms with Crippen LogP contribution in [-0.2, 0) is 0 Å². The minimum Gasteiger partial charge on any atom is -0.306 e. The molecular formula is C44H25N3S. The van der Waals surface area contributed by atoms with E-state index in [1.165, 1.54) is 15.5 Å². The first-order chi connectivity index (χ1) is 23.8. The summed E-state index contributed by atoms with van der Waals surface area (Å²) in [5.74, 6) is 0. The van der Waals surface area contributed by atoms with Crippen LogP contribution in [-0.4, -0.2) is 4.57 Å². The van der Waals surface area contributed by atoms with E-state index >= 15 is 0 Å². The fraction of sp³-hybridized carbons (Fsp3) is 0. The highest BCUT2D eigenvalue weighted by Gasteiger charge is 2.30. The van der Waals surface area contributed by atoms with E-state index < -0.39 is 0 Å². The van der Waals surface area contributed by atoms with Gasteiger partial charge in [-0.05, 0) is 28.8 Å². The van der Waals surface area contributed by atoms with Gasteiger partial charge in [0.1, 0.15) is 12.1 Å². The molecule has 0 unspecified atom stereocenters. The highest BCUT2D eigenvalue weighted by molar-refractivity contribution is 7.26. The van der Waals surface area contributed by atoms with Crippen LogP contribution in [0.25, 0.3) is 81.0 Å². The number of hydrogen-bond acceptors (Lipinski definition) is 3. The van der Waals surface area contributed by atoms with Crippen LogP contribution in [0.2, 0.25) is 0 Å². The van der Waals surface area contributed by atoms with Gasteiger partial charge in [0.05, 0.1) is 32.5 Å². The van der Waals surface area contributed by atoms with Crippen molar-refractivity contribution in [2.45, 2.75) is 0 Å². The SMILES string of the molecule is N#Cc1c(-c2ccccc2)c(-c2ccccc2)c(C#N)c(-n2c3ccccc3c3ccc4c5ccccc5sc4c32)c1-c1ccccc1. The molecule has 0 spiro atoms. The Kier molecular flexibility index (Phi) is 6.44. The molecule has 0 saturated heterocycles. The summed E-state index contributed by atoms with van der Waals surface area (Å²) in [6.07, 6.45) is 0. The number of nitriles is 2. The molecule has 4 heteroatoms. The van der Waals surface area contributed by atoms with Gasteiger partial charge in [-0.1, -0.05) is 140 Å². The van der Waals surface area contributed by atoms with E-state index in [2.05, 4.69) is 77.4 Å². The van der Waals surface area contributed by atoms with Gasteiger partial charge < -0.3 is 4.57 Å². The predicted octanol–water partition coefficient (Wildman–Crippen LogP) is 11.9. The summed E-state index contributed by atoms with van der Waals surface area (Å²) >= 11 is 1.77. The van der Waals surface area contributed by atoms with Crippen molar-refractivity contribution < 1.29 is 0 Å². The van der Waals surface area contributed by atoms with E-state index in [1.54, 1.807) is 11.3 Å². The zero-order valence-corrected chi connectivity index (χ0v) is 26.5. The van der Waals surface area contributed by atoms with E-state index in [4.69, 9.17) is 0 Å². The van der Waals surface area contributed by atoms with Crippen molar-refractivity contribution in [3.8, 4) is 51.2 Å². The fourth-order valence-corrected chi connectivity index (χ4v) is 8.56. The summed E-state index contributed by atoms with van der Waals surface area (Å²) in [6.45, 7) is 0. The molecule has 0 atom stereocenters. The van der Waals surface area contributed by atoms with Crippen molar-refractivity contribution in [1.29, 1.82) is 10.5 Å². The topological polar surface area (TPSA) is 52.5 Å². The highest BCUT2D eigenvalue weighted by atomic mass is 32.1. The first-order valence-electron chi connectivity index (χ1n) is 15.8. The second-order valence-electron chi connectivity index (χ2n) is 11.8. The molecule has 7 aromatic carbocycles. The Hall–Kier alpha value is -6.46. The molecule has 0 aliphatic rings. The molecule has 0 N–H and O–H groups in total. The number of para-hydroxylation sites is 1. The number of rotatable bonds is 4. The number of fused-ring (bicyclic) bond motifs is 7. The third kappa shape index (κ3) is 4.04. The van der Waals surface area contributed by atoms with Crippen LogP contribution in [0.4, 0.5) is 0 Å². The number of thiophene rings is 1. The molecule has 0 radical (unpaired) electrons. The van der Waals surface area contributed by atoms with Gasteiger partial charge in [-0.3, -0.25) is 0 Å². The van der Waals surface area contributed by atoms with Gasteiger partial charge in [0, 0.05) is 42.9 Å². The number of hydrogen-bond donors (Lipinski definition) is 0. The second kappa shape index (κ2) is 11.1. The fourth-order valence-electron chi connectivity index (χ4n) is 7.32. The lowest BCUT2D eigenvalue weighted by Gasteiger charge is -2.24. The summed E-state index contributed by atoms with van der Waals surface area (Å²) in [4.78, 5) is 0. The molecule has 9 rings (SSSR count). The number of benzene rings is 7. The van der Waals surface area contributed by atoms with Gasteiger partial charge >= 0.3 is 0 Å². The molecule has 0 amide bonds. The van der Waals surface area contributed by atoms with E-state index in [-0.39, 0.29) is 0 Å². The van der Waals surface area contributed by atoms with Crippen molar-refractivity contribution in [3.05, 3.63) is 163 Å². The summed E-state index contributed by atoms with van der Waals surface area (Å²) in [5.41, 5.74) is 8.73. The first kappa shape index (κ1) is 27.8. The molecule has 222 valence electrons. The standard InChI is InChI=1S/C44H25N3S/c45-26-35-39(28-14-4-1-5-15-28)40(29-16-6-2-7-17-29)36(27-46)42(41(35)30-18-8-3-9-19-30)47-37-22-12-10-20-31(37)33-24-25-34-32-21-11-13-23-38(32)48-44(34)43(33)47/h1-25H. The van der Waals surface area contributed by atoms with Crippen LogP contribution in [0.1, 0.15) is 11.1 Å². The zero-order chi connectivity index (χ0) is 32.2. The van der Waals surface area contributed by atoms with Crippen molar-refractivity contribution in [2.75, 3.05) is 0 Å². The largest absolute Gasteiger partial charge is 0.306 e. The molecule has 9 aromatic rings. The zero-order valence-electron chi connectivity index (χ0n) is 25.7. The van der Waals surface area contributed by atoms with E-state index in [0.29, 0.717) is 11.1 Å². The summed E-state index contributed by atoms with van der Waals surface area (Å²) in [7, 11) is 0. The summed E-state index contributed by atoms with van der Waals surface area (Å²) < 4.78 is 4.63. The number of nitrogens with zero attached hydrogens (tertiary/aromatic N) is 3. The lowest BCUT2D eigenvalue weighted by Crippen LogP contribution is -2.07. The molecule has 3 nitrogen and oxygen atoms in total. The van der Waals surface area contributed by atoms with Crippen LogP contribution in [0.3, 0.4) is 0 Å². The van der Waals surface area contributed by atoms with Gasteiger partial charge in [0.25, 0.3) is 0 Å². The summed E-state index contributed by atoms with van der Waals surface area (Å²) in [5, 5.41) is 27.2. The van der Waals surface area contributed by atoms with Crippen molar-refractivity contribution in [2.24, 2.45) is 0 Å². The average Bonchev–Trinajstić information content (AvgIpc) is 3.70. The van der Waals surface area contributed by atoms with Crippen LogP contribution >= 0.6 is 11.3 Å². The molecule has 0 bridgehead atoms. The van der Waals surface area contributed by atoms with Crippen molar-refractivity contribution in [1.82, 2.24) is 4.57 Å². The van der Waals surface area contributed by atoms with Crippen molar-refractivity contribution in [3.63, 3.8) is 0 Å². The van der Waals surface area contributed by atoms with E-state index in [1.807, 2.05) is 91.0 Å². The average molecular weight is 628 g/mol. The van der Waals surface area contributed by atoms with E-state index in [0.717, 1.165) is 65.6 Å². The smallest absolute Gasteiger partial charge is 0.102 e. The van der Waals surface area contributed by atoms with E-state index in [9.17, 15) is 10.5 Å². The molecular weight excluding hydrogens is 603 g/mol. The molecule has 0 aliphatic heterocycles. The normalized spacial score (nSPS) is 11.3. The molecule has 0 saturated carbocycles. The van der Waals surface area contributed by atoms with Gasteiger partial charge in [0.15, 0.2) is 0 Å². The van der Waals surface area contributed by atoms with Crippen LogP contribution in [0, 0.1) is 22.7 Å². The Morgan fingerprint density at radius 2 is 0.938 bits per heavy atom. The molecule has 2 heterocycles. The lowest BCUT2D eigenvalue weighted by atomic mass is 9.81. The minimum atomic E-state index is 0.527. The van der Waals surface area contributed by atoms with Crippen LogP contribution < -0.4 is 0 Å². The third-order valence-electron chi connectivity index (χ3n) is 9.29. The summed E-state index contributed by atoms with van der Waals surface area (Å²) in [6, 6.07) is 56.8. The van der Waals surface area contributed by atoms with Gasteiger partial charge in [0.2, 0.25) is 0 Å². The van der Waals surface area contributed by atoms with Crippen LogP contribution in [0.5, 0.6) is 0 Å². The Balaban J connectivity index is 1.59. The molecule has 2 aromatic heterocycles. The van der Waals surface area contributed by atoms with Gasteiger partial charge in [-0.2, -0.15) is 10.5 Å². The second-order valence-corrected chi connectivity index (χ2v) is 12.9. The highest BCUT2D eigenvalue weighted by Crippen LogP contribution is 2.50. The monoisotopic (exact) mass is 627 g/mol. The number of aromatic nitrogens is 1. The van der Waals surface area contributed by atoms with Crippen LogP contribution in [0.15, 0.2) is 152 Å². The van der Waals surface area contributed by atoms with Gasteiger partial charge in [-0.15, -0.1) is 11.3 Å². The maximum absolute atomic E-state index is 11.4. The predicted molar refractivity (Wildman–Crippen MR) is 199 cm³/mol. The van der Waals surface area contributed by atoms with Crippen molar-refractivity contribution >= 4 is 53.3 Å². The van der Waals surface area contributed by atoms with Gasteiger partial charge in [-0.25, -0.2) is 0 Å². The lowest BCUT2D eigenvalue weighted by molar-refractivity contribution is 1.17.